The van der Waals surface area contributed by atoms with Gasteiger partial charge in [-0.05, 0) is 6.92 Å². The van der Waals surface area contributed by atoms with Crippen molar-refractivity contribution in [2.24, 2.45) is 5.92 Å². The van der Waals surface area contributed by atoms with E-state index in [4.69, 9.17) is 4.74 Å². The summed E-state index contributed by atoms with van der Waals surface area (Å²) in [6, 6.07) is 0.442. The standard InChI is InChI=1S/C15H21N5O3S/c1-10-16-17-15(24-10)20-7-11(6-13(20)21)14(22)19-8-12(9-19)18-2-4-23-5-3-18/h11-12H,2-9H2,1H3. The topological polar surface area (TPSA) is 78.9 Å². The zero-order valence-corrected chi connectivity index (χ0v) is 14.5. The molecule has 3 aliphatic heterocycles. The second-order valence-corrected chi connectivity index (χ2v) is 7.71. The third-order valence-electron chi connectivity index (χ3n) is 4.96. The summed E-state index contributed by atoms with van der Waals surface area (Å²) < 4.78 is 5.37. The molecule has 0 bridgehead atoms. The van der Waals surface area contributed by atoms with E-state index in [2.05, 4.69) is 15.1 Å². The quantitative estimate of drug-likeness (QED) is 0.747. The van der Waals surface area contributed by atoms with Crippen molar-refractivity contribution in [2.45, 2.75) is 19.4 Å². The highest BCUT2D eigenvalue weighted by Crippen LogP contribution is 2.30. The van der Waals surface area contributed by atoms with Crippen molar-refractivity contribution < 1.29 is 14.3 Å². The van der Waals surface area contributed by atoms with E-state index in [9.17, 15) is 9.59 Å². The van der Waals surface area contributed by atoms with Crippen LogP contribution in [0.5, 0.6) is 0 Å². The molecule has 2 amide bonds. The largest absolute Gasteiger partial charge is 0.379 e. The SMILES string of the molecule is Cc1nnc(N2CC(C(=O)N3CC(N4CCOCC4)C3)CC2=O)s1. The number of ether oxygens (including phenoxy) is 1. The molecule has 1 unspecified atom stereocenters. The molecular weight excluding hydrogens is 330 g/mol. The lowest BCUT2D eigenvalue weighted by Crippen LogP contribution is -2.63. The number of rotatable bonds is 3. The first kappa shape index (κ1) is 15.9. The van der Waals surface area contributed by atoms with Crippen LogP contribution in [0.1, 0.15) is 11.4 Å². The van der Waals surface area contributed by atoms with Gasteiger partial charge in [-0.2, -0.15) is 0 Å². The van der Waals surface area contributed by atoms with Gasteiger partial charge < -0.3 is 9.64 Å². The molecule has 0 spiro atoms. The molecule has 0 N–H and O–H groups in total. The predicted molar refractivity (Wildman–Crippen MR) is 87.9 cm³/mol. The van der Waals surface area contributed by atoms with Crippen LogP contribution >= 0.6 is 11.3 Å². The van der Waals surface area contributed by atoms with Crippen LogP contribution in [0.2, 0.25) is 0 Å². The van der Waals surface area contributed by atoms with Crippen molar-refractivity contribution in [1.82, 2.24) is 20.0 Å². The van der Waals surface area contributed by atoms with Gasteiger partial charge in [0.25, 0.3) is 0 Å². The first-order valence-corrected chi connectivity index (χ1v) is 9.14. The zero-order chi connectivity index (χ0) is 16.7. The number of hydrogen-bond acceptors (Lipinski definition) is 7. The minimum Gasteiger partial charge on any atom is -0.379 e. The highest BCUT2D eigenvalue weighted by atomic mass is 32.1. The molecule has 0 radical (unpaired) electrons. The third kappa shape index (κ3) is 2.91. The van der Waals surface area contributed by atoms with E-state index >= 15 is 0 Å². The number of aromatic nitrogens is 2. The highest BCUT2D eigenvalue weighted by Gasteiger charge is 2.43. The normalized spacial score (nSPS) is 26.0. The van der Waals surface area contributed by atoms with Crippen molar-refractivity contribution in [3.8, 4) is 0 Å². The molecule has 130 valence electrons. The summed E-state index contributed by atoms with van der Waals surface area (Å²) >= 11 is 1.39. The van der Waals surface area contributed by atoms with Crippen LogP contribution in [0.25, 0.3) is 0 Å². The Morgan fingerprint density at radius 1 is 1.21 bits per heavy atom. The van der Waals surface area contributed by atoms with E-state index in [0.717, 1.165) is 44.4 Å². The molecule has 9 heteroatoms. The third-order valence-corrected chi connectivity index (χ3v) is 5.82. The van der Waals surface area contributed by atoms with Crippen molar-refractivity contribution >= 4 is 28.3 Å². The number of hydrogen-bond donors (Lipinski definition) is 0. The van der Waals surface area contributed by atoms with Crippen molar-refractivity contribution in [3.05, 3.63) is 5.01 Å². The zero-order valence-electron chi connectivity index (χ0n) is 13.7. The smallest absolute Gasteiger partial charge is 0.229 e. The number of carbonyl (C=O) groups is 2. The Morgan fingerprint density at radius 2 is 1.96 bits per heavy atom. The fourth-order valence-corrected chi connectivity index (χ4v) is 4.23. The van der Waals surface area contributed by atoms with Crippen molar-refractivity contribution in [2.75, 3.05) is 50.8 Å². The van der Waals surface area contributed by atoms with Gasteiger partial charge in [0.1, 0.15) is 5.01 Å². The Hall–Kier alpha value is -1.58. The first-order chi connectivity index (χ1) is 11.6. The lowest BCUT2D eigenvalue weighted by molar-refractivity contribution is -0.144. The number of carbonyl (C=O) groups excluding carboxylic acids is 2. The number of likely N-dealkylation sites (tertiary alicyclic amines) is 1. The lowest BCUT2D eigenvalue weighted by Gasteiger charge is -2.47. The van der Waals surface area contributed by atoms with Gasteiger partial charge in [0.2, 0.25) is 16.9 Å². The van der Waals surface area contributed by atoms with Crippen LogP contribution in [-0.4, -0.2) is 83.8 Å². The maximum absolute atomic E-state index is 12.7. The van der Waals surface area contributed by atoms with Crippen molar-refractivity contribution in [3.63, 3.8) is 0 Å². The Kier molecular flexibility index (Phi) is 4.23. The van der Waals surface area contributed by atoms with E-state index in [-0.39, 0.29) is 24.2 Å². The summed E-state index contributed by atoms with van der Waals surface area (Å²) in [5.41, 5.74) is 0. The molecule has 3 aliphatic rings. The number of nitrogens with zero attached hydrogens (tertiary/aromatic N) is 5. The Labute approximate surface area is 144 Å². The average Bonchev–Trinajstić information content (AvgIpc) is 3.12. The van der Waals surface area contributed by atoms with Gasteiger partial charge in [-0.15, -0.1) is 10.2 Å². The molecule has 1 aromatic rings. The Balaban J connectivity index is 1.32. The van der Waals surface area contributed by atoms with E-state index in [1.165, 1.54) is 11.3 Å². The highest BCUT2D eigenvalue weighted by molar-refractivity contribution is 7.15. The minimum atomic E-state index is -0.257. The molecule has 3 saturated heterocycles. The van der Waals surface area contributed by atoms with Crippen LogP contribution in [0, 0.1) is 12.8 Å². The number of aryl methyl sites for hydroxylation is 1. The maximum Gasteiger partial charge on any atom is 0.229 e. The molecule has 4 heterocycles. The lowest BCUT2D eigenvalue weighted by atomic mass is 10.0. The fourth-order valence-electron chi connectivity index (χ4n) is 3.52. The molecule has 0 aromatic carbocycles. The van der Waals surface area contributed by atoms with Gasteiger partial charge in [-0.3, -0.25) is 19.4 Å². The molecule has 4 rings (SSSR count). The predicted octanol–water partition coefficient (Wildman–Crippen LogP) is -0.258. The average molecular weight is 351 g/mol. The van der Waals surface area contributed by atoms with E-state index < -0.39 is 0 Å². The second kappa shape index (κ2) is 6.38. The first-order valence-electron chi connectivity index (χ1n) is 8.33. The summed E-state index contributed by atoms with van der Waals surface area (Å²) in [6.45, 7) is 7.25. The van der Waals surface area contributed by atoms with Gasteiger partial charge in [0.05, 0.1) is 19.1 Å². The van der Waals surface area contributed by atoms with Gasteiger partial charge in [-0.25, -0.2) is 0 Å². The number of anilines is 1. The van der Waals surface area contributed by atoms with E-state index in [1.807, 2.05) is 11.8 Å². The van der Waals surface area contributed by atoms with Crippen LogP contribution in [0.3, 0.4) is 0 Å². The van der Waals surface area contributed by atoms with Crippen LogP contribution < -0.4 is 4.90 Å². The van der Waals surface area contributed by atoms with Crippen molar-refractivity contribution in [1.29, 1.82) is 0 Å². The summed E-state index contributed by atoms with van der Waals surface area (Å²) in [6.07, 6.45) is 0.274. The number of amides is 2. The number of morpholine rings is 1. The Morgan fingerprint density at radius 3 is 2.62 bits per heavy atom. The fraction of sp³-hybridized carbons (Fsp3) is 0.733. The molecule has 3 fully saturated rings. The summed E-state index contributed by atoms with van der Waals surface area (Å²) in [5.74, 6) is -0.196. The van der Waals surface area contributed by atoms with Crippen LogP contribution in [0.4, 0.5) is 5.13 Å². The maximum atomic E-state index is 12.7. The second-order valence-electron chi connectivity index (χ2n) is 6.55. The van der Waals surface area contributed by atoms with Gasteiger partial charge >= 0.3 is 0 Å². The molecule has 24 heavy (non-hydrogen) atoms. The van der Waals surface area contributed by atoms with Gasteiger partial charge in [0, 0.05) is 45.2 Å². The minimum absolute atomic E-state index is 0.0326. The molecule has 8 nitrogen and oxygen atoms in total. The van der Waals surface area contributed by atoms with Gasteiger partial charge in [-0.1, -0.05) is 11.3 Å². The molecule has 0 aliphatic carbocycles. The molecule has 1 atom stereocenters. The molecule has 1 aromatic heterocycles. The summed E-state index contributed by atoms with van der Waals surface area (Å²) in [4.78, 5) is 30.7. The Bertz CT molecular complexity index is 639. The molecular formula is C15H21N5O3S. The van der Waals surface area contributed by atoms with Crippen LogP contribution in [-0.2, 0) is 14.3 Å². The summed E-state index contributed by atoms with van der Waals surface area (Å²) in [5, 5.41) is 9.40. The van der Waals surface area contributed by atoms with Gasteiger partial charge in [0.15, 0.2) is 0 Å². The monoisotopic (exact) mass is 351 g/mol. The van der Waals surface area contributed by atoms with Crippen LogP contribution in [0.15, 0.2) is 0 Å². The van der Waals surface area contributed by atoms with E-state index in [0.29, 0.717) is 17.7 Å². The summed E-state index contributed by atoms with van der Waals surface area (Å²) in [7, 11) is 0. The van der Waals surface area contributed by atoms with E-state index in [1.54, 1.807) is 4.90 Å². The molecule has 0 saturated carbocycles.